The molecule has 0 spiro atoms. The third-order valence-electron chi connectivity index (χ3n) is 4.48. The third-order valence-corrected chi connectivity index (χ3v) is 4.48. The van der Waals surface area contributed by atoms with E-state index in [2.05, 4.69) is 13.8 Å². The van der Waals surface area contributed by atoms with Crippen LogP contribution in [0.1, 0.15) is 44.2 Å². The van der Waals surface area contributed by atoms with E-state index >= 15 is 0 Å². The second-order valence-corrected chi connectivity index (χ2v) is 6.92. The number of carboxylic acids is 1. The van der Waals surface area contributed by atoms with Crippen molar-refractivity contribution in [1.29, 1.82) is 0 Å². The Morgan fingerprint density at radius 2 is 2.09 bits per heavy atom. The number of aryl methyl sites for hydroxylation is 1. The van der Waals surface area contributed by atoms with Crippen LogP contribution in [0.25, 0.3) is 0 Å². The molecule has 2 rings (SSSR count). The summed E-state index contributed by atoms with van der Waals surface area (Å²) in [5.41, 5.74) is 1.30. The second kappa shape index (κ2) is 6.60. The van der Waals surface area contributed by atoms with Gasteiger partial charge in [-0.15, -0.1) is 0 Å². The standard InChI is InChI=1S/C18H25NO4/c1-12(2)14-6-5-13(3)9-15(14)23-10-16(20)19-8-7-18(4,11-19)17(21)22/h5-6,9,12H,7-8,10-11H2,1-4H3,(H,21,22). The Morgan fingerprint density at radius 3 is 2.65 bits per heavy atom. The van der Waals surface area contributed by atoms with Gasteiger partial charge in [0.25, 0.3) is 5.91 Å². The summed E-state index contributed by atoms with van der Waals surface area (Å²) in [6, 6.07) is 5.99. The van der Waals surface area contributed by atoms with Crippen LogP contribution in [0.2, 0.25) is 0 Å². The van der Waals surface area contributed by atoms with E-state index in [1.807, 2.05) is 25.1 Å². The molecule has 1 aliphatic heterocycles. The molecule has 1 aromatic rings. The fourth-order valence-corrected chi connectivity index (χ4v) is 2.82. The monoisotopic (exact) mass is 319 g/mol. The Labute approximate surface area is 137 Å². The normalized spacial score (nSPS) is 20.8. The molecule has 0 radical (unpaired) electrons. The summed E-state index contributed by atoms with van der Waals surface area (Å²) < 4.78 is 5.74. The summed E-state index contributed by atoms with van der Waals surface area (Å²) >= 11 is 0. The largest absolute Gasteiger partial charge is 0.483 e. The van der Waals surface area contributed by atoms with Gasteiger partial charge >= 0.3 is 5.97 Å². The molecule has 1 unspecified atom stereocenters. The van der Waals surface area contributed by atoms with E-state index in [1.165, 1.54) is 0 Å². The average Bonchev–Trinajstić information content (AvgIpc) is 2.88. The van der Waals surface area contributed by atoms with Crippen LogP contribution in [-0.2, 0) is 9.59 Å². The number of aliphatic carboxylic acids is 1. The highest BCUT2D eigenvalue weighted by Crippen LogP contribution is 2.31. The molecular formula is C18H25NO4. The summed E-state index contributed by atoms with van der Waals surface area (Å²) in [5.74, 6) is 0.0250. The predicted molar refractivity (Wildman–Crippen MR) is 87.7 cm³/mol. The Kier molecular flexibility index (Phi) is 4.97. The van der Waals surface area contributed by atoms with E-state index < -0.39 is 11.4 Å². The molecule has 1 heterocycles. The van der Waals surface area contributed by atoms with Crippen LogP contribution in [0.5, 0.6) is 5.75 Å². The highest BCUT2D eigenvalue weighted by molar-refractivity contribution is 5.81. The van der Waals surface area contributed by atoms with E-state index in [1.54, 1.807) is 11.8 Å². The average molecular weight is 319 g/mol. The Bertz CT molecular complexity index is 611. The predicted octanol–water partition coefficient (Wildman–Crippen LogP) is 2.82. The van der Waals surface area contributed by atoms with E-state index in [0.717, 1.165) is 16.9 Å². The van der Waals surface area contributed by atoms with E-state index in [4.69, 9.17) is 4.74 Å². The van der Waals surface area contributed by atoms with Gasteiger partial charge in [-0.2, -0.15) is 0 Å². The summed E-state index contributed by atoms with van der Waals surface area (Å²) in [6.07, 6.45) is 0.482. The van der Waals surface area contributed by atoms with Gasteiger partial charge in [-0.1, -0.05) is 26.0 Å². The molecule has 1 saturated heterocycles. The first-order chi connectivity index (χ1) is 10.7. The number of likely N-dealkylation sites (tertiary alicyclic amines) is 1. The molecule has 0 aliphatic carbocycles. The smallest absolute Gasteiger partial charge is 0.311 e. The van der Waals surface area contributed by atoms with Crippen LogP contribution in [0.15, 0.2) is 18.2 Å². The summed E-state index contributed by atoms with van der Waals surface area (Å²) in [5, 5.41) is 9.24. The molecule has 1 aromatic carbocycles. The summed E-state index contributed by atoms with van der Waals surface area (Å²) in [7, 11) is 0. The molecule has 1 aliphatic rings. The van der Waals surface area contributed by atoms with Gasteiger partial charge < -0.3 is 14.7 Å². The minimum Gasteiger partial charge on any atom is -0.483 e. The van der Waals surface area contributed by atoms with Gasteiger partial charge in [0, 0.05) is 13.1 Å². The number of rotatable bonds is 5. The lowest BCUT2D eigenvalue weighted by atomic mass is 9.90. The highest BCUT2D eigenvalue weighted by atomic mass is 16.5. The third kappa shape index (κ3) is 3.84. The van der Waals surface area contributed by atoms with Gasteiger partial charge in [0.15, 0.2) is 6.61 Å². The molecule has 1 fully saturated rings. The van der Waals surface area contributed by atoms with E-state index in [0.29, 0.717) is 18.9 Å². The van der Waals surface area contributed by atoms with Gasteiger partial charge in [-0.3, -0.25) is 9.59 Å². The van der Waals surface area contributed by atoms with Crippen LogP contribution in [0.3, 0.4) is 0 Å². The van der Waals surface area contributed by atoms with Gasteiger partial charge in [0.05, 0.1) is 5.41 Å². The summed E-state index contributed by atoms with van der Waals surface area (Å²) in [6.45, 7) is 8.48. The Hall–Kier alpha value is -2.04. The first kappa shape index (κ1) is 17.3. The molecule has 1 atom stereocenters. The first-order valence-corrected chi connectivity index (χ1v) is 7.97. The Balaban J connectivity index is 2.01. The minimum absolute atomic E-state index is 0.0567. The molecule has 0 aromatic heterocycles. The van der Waals surface area contributed by atoms with Crippen LogP contribution in [-0.4, -0.2) is 41.6 Å². The van der Waals surface area contributed by atoms with Crippen LogP contribution in [0, 0.1) is 12.3 Å². The van der Waals surface area contributed by atoms with Crippen molar-refractivity contribution in [3.63, 3.8) is 0 Å². The molecule has 1 amide bonds. The molecule has 0 saturated carbocycles. The molecule has 0 bridgehead atoms. The lowest BCUT2D eigenvalue weighted by molar-refractivity contribution is -0.147. The number of amides is 1. The van der Waals surface area contributed by atoms with Crippen molar-refractivity contribution in [2.24, 2.45) is 5.41 Å². The molecule has 126 valence electrons. The lowest BCUT2D eigenvalue weighted by Crippen LogP contribution is -2.37. The molecule has 23 heavy (non-hydrogen) atoms. The number of carboxylic acid groups (broad SMARTS) is 1. The zero-order valence-corrected chi connectivity index (χ0v) is 14.3. The van der Waals surface area contributed by atoms with Gasteiger partial charge in [0.2, 0.25) is 0 Å². The van der Waals surface area contributed by atoms with Crippen molar-refractivity contribution >= 4 is 11.9 Å². The van der Waals surface area contributed by atoms with Crippen LogP contribution >= 0.6 is 0 Å². The van der Waals surface area contributed by atoms with Crippen molar-refractivity contribution in [3.8, 4) is 5.75 Å². The zero-order valence-electron chi connectivity index (χ0n) is 14.3. The Morgan fingerprint density at radius 1 is 1.39 bits per heavy atom. The molecular weight excluding hydrogens is 294 g/mol. The van der Waals surface area contributed by atoms with E-state index in [-0.39, 0.29) is 19.1 Å². The molecule has 1 N–H and O–H groups in total. The number of ether oxygens (including phenoxy) is 1. The van der Waals surface area contributed by atoms with E-state index in [9.17, 15) is 14.7 Å². The molecule has 5 heteroatoms. The second-order valence-electron chi connectivity index (χ2n) is 6.92. The number of benzene rings is 1. The number of carbonyl (C=O) groups excluding carboxylic acids is 1. The highest BCUT2D eigenvalue weighted by Gasteiger charge is 2.42. The number of hydrogen-bond donors (Lipinski definition) is 1. The number of nitrogens with zero attached hydrogens (tertiary/aromatic N) is 1. The van der Waals surface area contributed by atoms with Crippen molar-refractivity contribution in [2.75, 3.05) is 19.7 Å². The fraction of sp³-hybridized carbons (Fsp3) is 0.556. The topological polar surface area (TPSA) is 66.8 Å². The van der Waals surface area contributed by atoms with Crippen molar-refractivity contribution in [1.82, 2.24) is 4.90 Å². The maximum atomic E-state index is 12.3. The number of carbonyl (C=O) groups is 2. The van der Waals surface area contributed by atoms with Crippen LogP contribution < -0.4 is 4.74 Å². The minimum atomic E-state index is -0.852. The van der Waals surface area contributed by atoms with Crippen molar-refractivity contribution in [3.05, 3.63) is 29.3 Å². The SMILES string of the molecule is Cc1ccc(C(C)C)c(OCC(=O)N2CCC(C)(C(=O)O)C2)c1. The maximum Gasteiger partial charge on any atom is 0.311 e. The maximum absolute atomic E-state index is 12.3. The van der Waals surface area contributed by atoms with Crippen LogP contribution in [0.4, 0.5) is 0 Å². The fourth-order valence-electron chi connectivity index (χ4n) is 2.82. The first-order valence-electron chi connectivity index (χ1n) is 7.97. The van der Waals surface area contributed by atoms with Crippen molar-refractivity contribution in [2.45, 2.75) is 40.0 Å². The summed E-state index contributed by atoms with van der Waals surface area (Å²) in [4.78, 5) is 25.1. The van der Waals surface area contributed by atoms with Gasteiger partial charge in [-0.25, -0.2) is 0 Å². The number of hydrogen-bond acceptors (Lipinski definition) is 3. The van der Waals surface area contributed by atoms with Gasteiger partial charge in [0.1, 0.15) is 5.75 Å². The van der Waals surface area contributed by atoms with Gasteiger partial charge in [-0.05, 0) is 43.4 Å². The molecule has 5 nitrogen and oxygen atoms in total. The van der Waals surface area contributed by atoms with Crippen molar-refractivity contribution < 1.29 is 19.4 Å². The quantitative estimate of drug-likeness (QED) is 0.906. The zero-order chi connectivity index (χ0) is 17.2. The lowest BCUT2D eigenvalue weighted by Gasteiger charge is -2.21.